The Morgan fingerprint density at radius 3 is 2.57 bits per heavy atom. The number of hydrogen-bond acceptors (Lipinski definition) is 8. The first-order valence-corrected chi connectivity index (χ1v) is 11.4. The molecule has 176 valence electrons. The number of hydrogen-bond donors (Lipinski definition) is 2. The zero-order valence-electron chi connectivity index (χ0n) is 18.3. The molecule has 1 aliphatic rings. The molecule has 0 saturated carbocycles. The summed E-state index contributed by atoms with van der Waals surface area (Å²) in [6, 6.07) is 20.2. The number of para-hydroxylation sites is 1. The van der Waals surface area contributed by atoms with E-state index in [9.17, 15) is 14.4 Å². The van der Waals surface area contributed by atoms with Crippen LogP contribution in [0.2, 0.25) is 0 Å². The van der Waals surface area contributed by atoms with E-state index in [1.165, 1.54) is 0 Å². The maximum absolute atomic E-state index is 12.6. The SMILES string of the molecule is N#Cc1ccccc1NC(=O)COC(=O)c1ccccc1SCC(=O)Nc1ccc2c(c1)OCO2. The van der Waals surface area contributed by atoms with Crippen molar-refractivity contribution in [2.45, 2.75) is 4.90 Å². The second kappa shape index (κ2) is 11.1. The lowest BCUT2D eigenvalue weighted by molar-refractivity contribution is -0.119. The number of anilines is 2. The van der Waals surface area contributed by atoms with Crippen molar-refractivity contribution in [3.63, 3.8) is 0 Å². The van der Waals surface area contributed by atoms with Crippen molar-refractivity contribution in [3.05, 3.63) is 77.9 Å². The highest BCUT2D eigenvalue weighted by molar-refractivity contribution is 8.00. The summed E-state index contributed by atoms with van der Waals surface area (Å²) in [4.78, 5) is 37.7. The van der Waals surface area contributed by atoms with Crippen LogP contribution in [0.5, 0.6) is 11.5 Å². The second-order valence-electron chi connectivity index (χ2n) is 7.18. The largest absolute Gasteiger partial charge is 0.454 e. The zero-order chi connectivity index (χ0) is 24.6. The lowest BCUT2D eigenvalue weighted by Crippen LogP contribution is -2.21. The van der Waals surface area contributed by atoms with Gasteiger partial charge in [-0.25, -0.2) is 4.79 Å². The molecular formula is C25H19N3O6S. The molecule has 0 atom stereocenters. The Morgan fingerprint density at radius 2 is 1.71 bits per heavy atom. The summed E-state index contributed by atoms with van der Waals surface area (Å²) in [5, 5.41) is 14.4. The van der Waals surface area contributed by atoms with E-state index in [2.05, 4.69) is 10.6 Å². The van der Waals surface area contributed by atoms with Gasteiger partial charge in [0.25, 0.3) is 5.91 Å². The van der Waals surface area contributed by atoms with Crippen LogP contribution in [0.3, 0.4) is 0 Å². The van der Waals surface area contributed by atoms with E-state index < -0.39 is 18.5 Å². The molecule has 0 fully saturated rings. The first kappa shape index (κ1) is 23.7. The summed E-state index contributed by atoms with van der Waals surface area (Å²) in [6.45, 7) is -0.382. The monoisotopic (exact) mass is 489 g/mol. The molecule has 2 amide bonds. The van der Waals surface area contributed by atoms with Gasteiger partial charge in [-0.1, -0.05) is 24.3 Å². The Hall–Kier alpha value is -4.49. The molecular weight excluding hydrogens is 470 g/mol. The van der Waals surface area contributed by atoms with Gasteiger partial charge < -0.3 is 24.8 Å². The van der Waals surface area contributed by atoms with E-state index in [0.717, 1.165) is 11.8 Å². The minimum Gasteiger partial charge on any atom is -0.454 e. The maximum Gasteiger partial charge on any atom is 0.339 e. The molecule has 0 radical (unpaired) electrons. The van der Waals surface area contributed by atoms with Crippen LogP contribution in [0, 0.1) is 11.3 Å². The van der Waals surface area contributed by atoms with Crippen molar-refractivity contribution in [2.24, 2.45) is 0 Å². The Kier molecular flexibility index (Phi) is 7.50. The van der Waals surface area contributed by atoms with E-state index in [1.54, 1.807) is 66.7 Å². The van der Waals surface area contributed by atoms with Crippen molar-refractivity contribution >= 4 is 40.9 Å². The molecule has 0 saturated heterocycles. The van der Waals surface area contributed by atoms with E-state index in [-0.39, 0.29) is 24.0 Å². The maximum atomic E-state index is 12.6. The molecule has 4 rings (SSSR count). The third kappa shape index (κ3) is 6.10. The standard InChI is InChI=1S/C25H19N3O6S/c26-12-16-5-1-3-7-19(16)28-23(29)13-32-25(31)18-6-2-4-8-22(18)35-14-24(30)27-17-9-10-20-21(11-17)34-15-33-20/h1-11H,13-15H2,(H,27,30)(H,28,29). The summed E-state index contributed by atoms with van der Waals surface area (Å²) in [6.07, 6.45) is 0. The normalized spacial score (nSPS) is 11.3. The molecule has 1 heterocycles. The third-order valence-corrected chi connectivity index (χ3v) is 5.85. The van der Waals surface area contributed by atoms with Gasteiger partial charge in [-0.3, -0.25) is 9.59 Å². The number of esters is 1. The Balaban J connectivity index is 1.31. The third-order valence-electron chi connectivity index (χ3n) is 4.78. The number of carbonyl (C=O) groups is 3. The number of carbonyl (C=O) groups excluding carboxylic acids is 3. The summed E-state index contributed by atoms with van der Waals surface area (Å²) >= 11 is 1.16. The molecule has 0 aromatic heterocycles. The number of nitrogens with one attached hydrogen (secondary N) is 2. The number of thioether (sulfide) groups is 1. The van der Waals surface area contributed by atoms with E-state index in [1.807, 2.05) is 6.07 Å². The number of fused-ring (bicyclic) bond motifs is 1. The van der Waals surface area contributed by atoms with E-state index in [4.69, 9.17) is 19.5 Å². The first-order valence-electron chi connectivity index (χ1n) is 10.4. The lowest BCUT2D eigenvalue weighted by atomic mass is 10.2. The van der Waals surface area contributed by atoms with E-state index in [0.29, 0.717) is 33.3 Å². The second-order valence-corrected chi connectivity index (χ2v) is 8.20. The number of amides is 2. The van der Waals surface area contributed by atoms with Gasteiger partial charge >= 0.3 is 5.97 Å². The number of nitrogens with zero attached hydrogens (tertiary/aromatic N) is 1. The van der Waals surface area contributed by atoms with Gasteiger partial charge in [-0.05, 0) is 36.4 Å². The van der Waals surface area contributed by atoms with Gasteiger partial charge in [0.1, 0.15) is 6.07 Å². The number of ether oxygens (including phenoxy) is 3. The van der Waals surface area contributed by atoms with E-state index >= 15 is 0 Å². The topological polar surface area (TPSA) is 127 Å². The fraction of sp³-hybridized carbons (Fsp3) is 0.120. The van der Waals surface area contributed by atoms with Crippen molar-refractivity contribution in [3.8, 4) is 17.6 Å². The van der Waals surface area contributed by atoms with Crippen LogP contribution in [0.25, 0.3) is 0 Å². The fourth-order valence-corrected chi connectivity index (χ4v) is 4.00. The van der Waals surface area contributed by atoms with Gasteiger partial charge in [0.15, 0.2) is 18.1 Å². The Bertz CT molecular complexity index is 1320. The highest BCUT2D eigenvalue weighted by Gasteiger charge is 2.17. The van der Waals surface area contributed by atoms with Crippen molar-refractivity contribution in [1.29, 1.82) is 5.26 Å². The van der Waals surface area contributed by atoms with Crippen LogP contribution in [-0.4, -0.2) is 36.9 Å². The fourth-order valence-electron chi connectivity index (χ4n) is 3.16. The smallest absolute Gasteiger partial charge is 0.339 e. The summed E-state index contributed by atoms with van der Waals surface area (Å²) in [5.41, 5.74) is 1.43. The van der Waals surface area contributed by atoms with Crippen LogP contribution in [0.15, 0.2) is 71.6 Å². The van der Waals surface area contributed by atoms with Gasteiger partial charge in [0.2, 0.25) is 12.7 Å². The van der Waals surface area contributed by atoms with Crippen molar-refractivity contribution in [1.82, 2.24) is 0 Å². The van der Waals surface area contributed by atoms with Crippen molar-refractivity contribution in [2.75, 3.05) is 29.8 Å². The molecule has 35 heavy (non-hydrogen) atoms. The summed E-state index contributed by atoms with van der Waals surface area (Å²) in [7, 11) is 0. The van der Waals surface area contributed by atoms with Crippen LogP contribution >= 0.6 is 11.8 Å². The molecule has 0 bridgehead atoms. The number of benzene rings is 3. The highest BCUT2D eigenvalue weighted by atomic mass is 32.2. The molecule has 3 aromatic carbocycles. The van der Waals surface area contributed by atoms with Crippen molar-refractivity contribution < 1.29 is 28.6 Å². The van der Waals surface area contributed by atoms with Gasteiger partial charge in [0.05, 0.1) is 22.6 Å². The van der Waals surface area contributed by atoms with Crippen LogP contribution in [0.1, 0.15) is 15.9 Å². The summed E-state index contributed by atoms with van der Waals surface area (Å²) in [5.74, 6) is -0.323. The predicted octanol–water partition coefficient (Wildman–Crippen LogP) is 3.81. The quantitative estimate of drug-likeness (QED) is 0.361. The lowest BCUT2D eigenvalue weighted by Gasteiger charge is -2.11. The minimum atomic E-state index is -0.701. The predicted molar refractivity (Wildman–Crippen MR) is 128 cm³/mol. The Morgan fingerprint density at radius 1 is 0.943 bits per heavy atom. The first-order chi connectivity index (χ1) is 17.0. The molecule has 0 aliphatic carbocycles. The Labute approximate surface area is 205 Å². The number of rotatable bonds is 8. The van der Waals surface area contributed by atoms with Gasteiger partial charge in [-0.2, -0.15) is 5.26 Å². The molecule has 0 unspecified atom stereocenters. The minimum absolute atomic E-state index is 0.0458. The average Bonchev–Trinajstić information content (AvgIpc) is 3.34. The van der Waals surface area contributed by atoms with Crippen LogP contribution < -0.4 is 20.1 Å². The van der Waals surface area contributed by atoms with Crippen LogP contribution in [0.4, 0.5) is 11.4 Å². The zero-order valence-corrected chi connectivity index (χ0v) is 19.1. The molecule has 9 nitrogen and oxygen atoms in total. The highest BCUT2D eigenvalue weighted by Crippen LogP contribution is 2.34. The van der Waals surface area contributed by atoms with Gasteiger partial charge in [-0.15, -0.1) is 11.8 Å². The van der Waals surface area contributed by atoms with Gasteiger partial charge in [0, 0.05) is 16.6 Å². The summed E-state index contributed by atoms with van der Waals surface area (Å²) < 4.78 is 15.7. The number of nitriles is 1. The molecule has 1 aliphatic heterocycles. The molecule has 3 aromatic rings. The molecule has 0 spiro atoms. The molecule has 10 heteroatoms. The van der Waals surface area contributed by atoms with Crippen LogP contribution in [-0.2, 0) is 14.3 Å². The average molecular weight is 490 g/mol. The molecule has 2 N–H and O–H groups in total.